The first kappa shape index (κ1) is 11.8. The maximum atomic E-state index is 10.9. The van der Waals surface area contributed by atoms with Crippen LogP contribution in [0.1, 0.15) is 5.56 Å². The Bertz CT molecular complexity index is 354. The van der Waals surface area contributed by atoms with Crippen molar-refractivity contribution < 1.29 is 8.42 Å². The van der Waals surface area contributed by atoms with Crippen LogP contribution in [0.3, 0.4) is 0 Å². The van der Waals surface area contributed by atoms with Crippen molar-refractivity contribution in [3.63, 3.8) is 0 Å². The van der Waals surface area contributed by atoms with Gasteiger partial charge in [0.1, 0.15) is 0 Å². The second-order valence-corrected chi connectivity index (χ2v) is 4.60. The maximum Gasteiger partial charge on any atom is 0.175 e. The highest BCUT2D eigenvalue weighted by Crippen LogP contribution is 2.08. The number of sulfone groups is 1. The molecule has 0 spiro atoms. The van der Waals surface area contributed by atoms with Crippen LogP contribution >= 0.6 is 0 Å². The minimum atomic E-state index is -3.02. The number of nitrogens with one attached hydrogen (secondary N) is 1. The number of rotatable bonds is 1. The summed E-state index contributed by atoms with van der Waals surface area (Å²) in [6.45, 7) is 4.42. The molecule has 0 unspecified atom stereocenters. The van der Waals surface area contributed by atoms with Crippen molar-refractivity contribution >= 4 is 16.6 Å². The molecule has 1 N–H and O–H groups in total. The molecule has 0 aromatic heterocycles. The van der Waals surface area contributed by atoms with E-state index in [0.29, 0.717) is 4.90 Å². The predicted octanol–water partition coefficient (Wildman–Crippen LogP) is 1.66. The summed E-state index contributed by atoms with van der Waals surface area (Å²) >= 11 is 0. The molecule has 0 amide bonds. The molecule has 1 aromatic rings. The van der Waals surface area contributed by atoms with Crippen molar-refractivity contribution in [3.05, 3.63) is 29.8 Å². The van der Waals surface area contributed by atoms with Crippen LogP contribution in [-0.4, -0.2) is 21.4 Å². The zero-order valence-corrected chi connectivity index (χ0v) is 8.56. The van der Waals surface area contributed by atoms with E-state index in [0.717, 1.165) is 5.56 Å². The van der Waals surface area contributed by atoms with E-state index in [4.69, 9.17) is 5.41 Å². The van der Waals surface area contributed by atoms with Gasteiger partial charge in [0.25, 0.3) is 0 Å². The first-order valence-corrected chi connectivity index (χ1v) is 5.51. The second-order valence-electron chi connectivity index (χ2n) is 2.59. The average molecular weight is 199 g/mol. The predicted molar refractivity (Wildman–Crippen MR) is 54.1 cm³/mol. The monoisotopic (exact) mass is 199 g/mol. The van der Waals surface area contributed by atoms with Crippen LogP contribution < -0.4 is 0 Å². The van der Waals surface area contributed by atoms with Gasteiger partial charge in [-0.1, -0.05) is 17.7 Å². The third kappa shape index (κ3) is 3.85. The van der Waals surface area contributed by atoms with Gasteiger partial charge >= 0.3 is 0 Å². The second kappa shape index (κ2) is 4.77. The largest absolute Gasteiger partial charge is 0.317 e. The van der Waals surface area contributed by atoms with Gasteiger partial charge in [-0.25, -0.2) is 8.42 Å². The fourth-order valence-corrected chi connectivity index (χ4v) is 1.42. The Hall–Kier alpha value is -1.16. The normalized spacial score (nSPS) is 10.0. The summed E-state index contributed by atoms with van der Waals surface area (Å²) < 4.78 is 21.9. The van der Waals surface area contributed by atoms with Gasteiger partial charge in [0.05, 0.1) is 4.90 Å². The molecule has 0 atom stereocenters. The van der Waals surface area contributed by atoms with Crippen LogP contribution in [0.2, 0.25) is 0 Å². The molecule has 0 saturated carbocycles. The van der Waals surface area contributed by atoms with Crippen LogP contribution in [0.25, 0.3) is 0 Å². The zero-order valence-electron chi connectivity index (χ0n) is 7.74. The number of hydrogen-bond acceptors (Lipinski definition) is 3. The molecule has 72 valence electrons. The van der Waals surface area contributed by atoms with E-state index in [9.17, 15) is 8.42 Å². The molecule has 0 radical (unpaired) electrons. The molecule has 0 aliphatic rings. The molecular formula is C9H13NO2S. The van der Waals surface area contributed by atoms with Crippen LogP contribution in [-0.2, 0) is 9.84 Å². The molecule has 1 aromatic carbocycles. The summed E-state index contributed by atoms with van der Waals surface area (Å²) in [4.78, 5) is 0.378. The van der Waals surface area contributed by atoms with Gasteiger partial charge < -0.3 is 5.41 Å². The van der Waals surface area contributed by atoms with E-state index in [-0.39, 0.29) is 0 Å². The molecule has 0 bridgehead atoms. The summed E-state index contributed by atoms with van der Waals surface area (Å²) in [5, 5.41) is 5.50. The Morgan fingerprint density at radius 3 is 1.85 bits per heavy atom. The van der Waals surface area contributed by atoms with Crippen LogP contribution in [0.4, 0.5) is 0 Å². The summed E-state index contributed by atoms with van der Waals surface area (Å²) in [5.41, 5.74) is 1.07. The summed E-state index contributed by atoms with van der Waals surface area (Å²) in [5.74, 6) is 0. The van der Waals surface area contributed by atoms with Gasteiger partial charge in [0.2, 0.25) is 0 Å². The average Bonchev–Trinajstić information content (AvgIpc) is 2.07. The molecule has 1 rings (SSSR count). The molecule has 0 heterocycles. The van der Waals surface area contributed by atoms with Crippen molar-refractivity contribution in [3.8, 4) is 0 Å². The molecule has 4 heteroatoms. The highest BCUT2D eigenvalue weighted by atomic mass is 32.2. The van der Waals surface area contributed by atoms with Gasteiger partial charge in [0, 0.05) is 6.26 Å². The fourth-order valence-electron chi connectivity index (χ4n) is 0.785. The number of aryl methyl sites for hydroxylation is 1. The molecule has 0 saturated heterocycles. The van der Waals surface area contributed by atoms with Gasteiger partial charge in [0.15, 0.2) is 9.84 Å². The van der Waals surface area contributed by atoms with Crippen molar-refractivity contribution in [1.29, 1.82) is 5.41 Å². The topological polar surface area (TPSA) is 58.0 Å². The first-order valence-electron chi connectivity index (χ1n) is 3.62. The summed E-state index contributed by atoms with van der Waals surface area (Å²) in [6, 6.07) is 6.81. The van der Waals surface area contributed by atoms with Gasteiger partial charge in [-0.05, 0) is 25.8 Å². The van der Waals surface area contributed by atoms with E-state index < -0.39 is 9.84 Å². The lowest BCUT2D eigenvalue weighted by atomic mass is 10.2. The highest BCUT2D eigenvalue weighted by molar-refractivity contribution is 7.90. The summed E-state index contributed by atoms with van der Waals surface area (Å²) in [6.07, 6.45) is 1.21. The van der Waals surface area contributed by atoms with E-state index in [2.05, 4.69) is 6.72 Å². The Labute approximate surface area is 78.8 Å². The molecule has 0 fully saturated rings. The van der Waals surface area contributed by atoms with Gasteiger partial charge in [-0.15, -0.1) is 0 Å². The summed E-state index contributed by atoms with van der Waals surface area (Å²) in [7, 11) is -3.02. The lowest BCUT2D eigenvalue weighted by Gasteiger charge is -1.96. The molecule has 3 nitrogen and oxygen atoms in total. The molecule has 0 aliphatic carbocycles. The van der Waals surface area contributed by atoms with Gasteiger partial charge in [-0.2, -0.15) is 0 Å². The molecule has 13 heavy (non-hydrogen) atoms. The van der Waals surface area contributed by atoms with Crippen LogP contribution in [0.5, 0.6) is 0 Å². The third-order valence-corrected chi connectivity index (χ3v) is 2.58. The van der Waals surface area contributed by atoms with Crippen molar-refractivity contribution in [1.82, 2.24) is 0 Å². The van der Waals surface area contributed by atoms with Crippen molar-refractivity contribution in [2.75, 3.05) is 6.26 Å². The quantitative estimate of drug-likeness (QED) is 0.699. The highest BCUT2D eigenvalue weighted by Gasteiger charge is 2.04. The fraction of sp³-hybridized carbons (Fsp3) is 0.222. The molecular weight excluding hydrogens is 186 g/mol. The Balaban J connectivity index is 0.000000671. The van der Waals surface area contributed by atoms with Gasteiger partial charge in [-0.3, -0.25) is 0 Å². The van der Waals surface area contributed by atoms with Crippen LogP contribution in [0.15, 0.2) is 29.2 Å². The lowest BCUT2D eigenvalue weighted by molar-refractivity contribution is 0.602. The van der Waals surface area contributed by atoms with E-state index in [1.165, 1.54) is 6.26 Å². The van der Waals surface area contributed by atoms with Crippen molar-refractivity contribution in [2.24, 2.45) is 0 Å². The standard InChI is InChI=1S/C8H10O2S.CH3N/c1-7-3-5-8(6-4-7)11(2,9)10;1-2/h3-6H,1-2H3;2H,1H2. The SMILES string of the molecule is C=N.Cc1ccc(S(C)(=O)=O)cc1. The van der Waals surface area contributed by atoms with Crippen molar-refractivity contribution in [2.45, 2.75) is 11.8 Å². The first-order chi connectivity index (χ1) is 6.00. The van der Waals surface area contributed by atoms with E-state index in [1.807, 2.05) is 6.92 Å². The maximum absolute atomic E-state index is 10.9. The number of benzene rings is 1. The zero-order chi connectivity index (χ0) is 10.5. The minimum Gasteiger partial charge on any atom is -0.317 e. The Morgan fingerprint density at radius 1 is 1.15 bits per heavy atom. The Kier molecular flexibility index (Phi) is 4.34. The lowest BCUT2D eigenvalue weighted by Crippen LogP contribution is -1.95. The minimum absolute atomic E-state index is 0.378. The van der Waals surface area contributed by atoms with Crippen LogP contribution in [0, 0.1) is 12.3 Å². The van der Waals surface area contributed by atoms with E-state index in [1.54, 1.807) is 24.3 Å². The third-order valence-electron chi connectivity index (χ3n) is 1.45. The van der Waals surface area contributed by atoms with E-state index >= 15 is 0 Å². The smallest absolute Gasteiger partial charge is 0.175 e. The molecule has 0 aliphatic heterocycles. The number of hydrogen-bond donors (Lipinski definition) is 1. The Morgan fingerprint density at radius 2 is 1.54 bits per heavy atom.